The normalized spacial score (nSPS) is 10.3. The number of nitrogens with zero attached hydrogens (tertiary/aromatic N) is 1. The Bertz CT molecular complexity index is 478. The number of anilines is 3. The number of hydrogen-bond acceptors (Lipinski definition) is 3. The Morgan fingerprint density at radius 1 is 1.47 bits per heavy atom. The summed E-state index contributed by atoms with van der Waals surface area (Å²) in [5.41, 5.74) is 6.27. The molecule has 0 aliphatic rings. The Balaban J connectivity index is 2.25. The Kier molecular flexibility index (Phi) is 2.29. The Morgan fingerprint density at radius 3 is 2.87 bits per heavy atom. The fourth-order valence-electron chi connectivity index (χ4n) is 1.31. The van der Waals surface area contributed by atoms with E-state index < -0.39 is 0 Å². The van der Waals surface area contributed by atoms with E-state index in [0.29, 0.717) is 23.1 Å². The summed E-state index contributed by atoms with van der Waals surface area (Å²) in [6.45, 7) is 1.80. The van der Waals surface area contributed by atoms with E-state index in [1.807, 2.05) is 0 Å². The maximum Gasteiger partial charge on any atom is 0.173 e. The fourth-order valence-corrected chi connectivity index (χ4v) is 1.31. The Morgan fingerprint density at radius 2 is 2.27 bits per heavy atom. The minimum Gasteiger partial charge on any atom is -0.382 e. The van der Waals surface area contributed by atoms with Gasteiger partial charge in [-0.1, -0.05) is 6.07 Å². The van der Waals surface area contributed by atoms with Gasteiger partial charge in [0.25, 0.3) is 0 Å². The van der Waals surface area contributed by atoms with E-state index in [2.05, 4.69) is 15.3 Å². The minimum atomic E-state index is -0.300. The standard InChI is InChI=1S/C10H11FN4/c1-6-13-9(12)10(14-6)15-8-4-2-3-7(11)5-8/h2-5,15H,12H2,1H3,(H,13,14). The van der Waals surface area contributed by atoms with Gasteiger partial charge in [0.15, 0.2) is 5.82 Å². The quantitative estimate of drug-likeness (QED) is 0.705. The molecule has 4 N–H and O–H groups in total. The van der Waals surface area contributed by atoms with Gasteiger partial charge in [0.2, 0.25) is 0 Å². The second kappa shape index (κ2) is 3.61. The maximum absolute atomic E-state index is 12.9. The summed E-state index contributed by atoms with van der Waals surface area (Å²) in [4.78, 5) is 6.97. The van der Waals surface area contributed by atoms with Crippen LogP contribution in [0, 0.1) is 12.7 Å². The zero-order chi connectivity index (χ0) is 10.8. The van der Waals surface area contributed by atoms with Crippen LogP contribution >= 0.6 is 0 Å². The molecule has 0 amide bonds. The molecule has 0 radical (unpaired) electrons. The third-order valence-corrected chi connectivity index (χ3v) is 1.94. The zero-order valence-corrected chi connectivity index (χ0v) is 8.21. The van der Waals surface area contributed by atoms with Crippen LogP contribution in [0.1, 0.15) is 5.82 Å². The van der Waals surface area contributed by atoms with Crippen LogP contribution in [0.4, 0.5) is 21.7 Å². The van der Waals surface area contributed by atoms with Crippen molar-refractivity contribution in [2.24, 2.45) is 0 Å². The molecular formula is C10H11FN4. The highest BCUT2D eigenvalue weighted by atomic mass is 19.1. The summed E-state index contributed by atoms with van der Waals surface area (Å²) in [5, 5.41) is 2.93. The average molecular weight is 206 g/mol. The summed E-state index contributed by atoms with van der Waals surface area (Å²) < 4.78 is 12.9. The highest BCUT2D eigenvalue weighted by Gasteiger charge is 2.04. The number of halogens is 1. The second-order valence-electron chi connectivity index (χ2n) is 3.22. The lowest BCUT2D eigenvalue weighted by molar-refractivity contribution is 0.628. The van der Waals surface area contributed by atoms with Gasteiger partial charge in [0.05, 0.1) is 0 Å². The van der Waals surface area contributed by atoms with Crippen molar-refractivity contribution in [2.75, 3.05) is 11.1 Å². The molecule has 1 aromatic heterocycles. The molecule has 0 atom stereocenters. The van der Waals surface area contributed by atoms with Gasteiger partial charge in [-0.15, -0.1) is 0 Å². The number of aromatic nitrogens is 2. The molecule has 0 spiro atoms. The lowest BCUT2D eigenvalue weighted by atomic mass is 10.3. The topological polar surface area (TPSA) is 66.7 Å². The first kappa shape index (κ1) is 9.51. The third-order valence-electron chi connectivity index (χ3n) is 1.94. The molecule has 0 saturated heterocycles. The van der Waals surface area contributed by atoms with Crippen molar-refractivity contribution in [1.29, 1.82) is 0 Å². The lowest BCUT2D eigenvalue weighted by Gasteiger charge is -2.03. The largest absolute Gasteiger partial charge is 0.382 e. The van der Waals surface area contributed by atoms with Crippen molar-refractivity contribution in [3.8, 4) is 0 Å². The third kappa shape index (κ3) is 2.07. The van der Waals surface area contributed by atoms with Gasteiger partial charge in [0.1, 0.15) is 17.5 Å². The number of H-pyrrole nitrogens is 1. The van der Waals surface area contributed by atoms with E-state index in [1.54, 1.807) is 19.1 Å². The number of aromatic amines is 1. The van der Waals surface area contributed by atoms with Crippen LogP contribution in [0.15, 0.2) is 24.3 Å². The van der Waals surface area contributed by atoms with Crippen molar-refractivity contribution in [1.82, 2.24) is 9.97 Å². The SMILES string of the molecule is Cc1nc(Nc2cccc(F)c2)c(N)[nH]1. The first-order chi connectivity index (χ1) is 7.15. The monoisotopic (exact) mass is 206 g/mol. The number of benzene rings is 1. The van der Waals surface area contributed by atoms with Crippen LogP contribution in [-0.4, -0.2) is 9.97 Å². The molecule has 0 bridgehead atoms. The summed E-state index contributed by atoms with van der Waals surface area (Å²) in [6, 6.07) is 6.12. The highest BCUT2D eigenvalue weighted by molar-refractivity contribution is 5.66. The smallest absolute Gasteiger partial charge is 0.173 e. The van der Waals surface area contributed by atoms with Gasteiger partial charge in [0, 0.05) is 5.69 Å². The highest BCUT2D eigenvalue weighted by Crippen LogP contribution is 2.20. The maximum atomic E-state index is 12.9. The number of rotatable bonds is 2. The molecule has 4 nitrogen and oxygen atoms in total. The molecule has 0 aliphatic carbocycles. The number of nitrogens with one attached hydrogen (secondary N) is 2. The van der Waals surface area contributed by atoms with Crippen LogP contribution in [0.3, 0.4) is 0 Å². The van der Waals surface area contributed by atoms with Crippen LogP contribution in [0.5, 0.6) is 0 Å². The molecule has 15 heavy (non-hydrogen) atoms. The van der Waals surface area contributed by atoms with Crippen LogP contribution in [-0.2, 0) is 0 Å². The van der Waals surface area contributed by atoms with Gasteiger partial charge in [-0.3, -0.25) is 0 Å². The van der Waals surface area contributed by atoms with E-state index in [9.17, 15) is 4.39 Å². The first-order valence-corrected chi connectivity index (χ1v) is 4.50. The average Bonchev–Trinajstić information content (AvgIpc) is 2.45. The summed E-state index contributed by atoms with van der Waals surface area (Å²) in [5.74, 6) is 1.37. The molecule has 1 aromatic carbocycles. The van der Waals surface area contributed by atoms with Crippen molar-refractivity contribution in [3.63, 3.8) is 0 Å². The predicted octanol–water partition coefficient (Wildman–Crippen LogP) is 2.18. The number of imidazole rings is 1. The van der Waals surface area contributed by atoms with E-state index in [-0.39, 0.29) is 5.82 Å². The summed E-state index contributed by atoms with van der Waals surface area (Å²) in [6.07, 6.45) is 0. The van der Waals surface area contributed by atoms with E-state index in [0.717, 1.165) is 0 Å². The van der Waals surface area contributed by atoms with Crippen LogP contribution in [0.2, 0.25) is 0 Å². The van der Waals surface area contributed by atoms with Gasteiger partial charge >= 0.3 is 0 Å². The van der Waals surface area contributed by atoms with Crippen molar-refractivity contribution < 1.29 is 4.39 Å². The number of hydrogen-bond donors (Lipinski definition) is 3. The van der Waals surface area contributed by atoms with E-state index >= 15 is 0 Å². The molecule has 2 rings (SSSR count). The Labute approximate surface area is 86.3 Å². The van der Waals surface area contributed by atoms with Crippen molar-refractivity contribution in [3.05, 3.63) is 35.9 Å². The van der Waals surface area contributed by atoms with Crippen molar-refractivity contribution >= 4 is 17.3 Å². The van der Waals surface area contributed by atoms with E-state index in [1.165, 1.54) is 12.1 Å². The molecule has 0 aliphatic heterocycles. The first-order valence-electron chi connectivity index (χ1n) is 4.50. The molecule has 2 aromatic rings. The van der Waals surface area contributed by atoms with Gasteiger partial charge in [-0.2, -0.15) is 0 Å². The number of nitrogens with two attached hydrogens (primary N) is 1. The molecule has 5 heteroatoms. The molecule has 0 unspecified atom stereocenters. The molecular weight excluding hydrogens is 195 g/mol. The molecule has 0 saturated carbocycles. The van der Waals surface area contributed by atoms with Crippen molar-refractivity contribution in [2.45, 2.75) is 6.92 Å². The number of nitrogen functional groups attached to an aromatic ring is 1. The molecule has 0 fully saturated rings. The van der Waals surface area contributed by atoms with E-state index in [4.69, 9.17) is 5.73 Å². The number of aryl methyl sites for hydroxylation is 1. The minimum absolute atomic E-state index is 0.300. The zero-order valence-electron chi connectivity index (χ0n) is 8.21. The predicted molar refractivity (Wildman–Crippen MR) is 57.4 cm³/mol. The summed E-state index contributed by atoms with van der Waals surface area (Å²) >= 11 is 0. The van der Waals surface area contributed by atoms with Gasteiger partial charge in [-0.25, -0.2) is 9.37 Å². The van der Waals surface area contributed by atoms with Gasteiger partial charge < -0.3 is 16.0 Å². The molecule has 78 valence electrons. The van der Waals surface area contributed by atoms with Gasteiger partial charge in [-0.05, 0) is 25.1 Å². The lowest BCUT2D eigenvalue weighted by Crippen LogP contribution is -1.95. The fraction of sp³-hybridized carbons (Fsp3) is 0.100. The van der Waals surface area contributed by atoms with Crippen LogP contribution < -0.4 is 11.1 Å². The second-order valence-corrected chi connectivity index (χ2v) is 3.22. The van der Waals surface area contributed by atoms with Crippen LogP contribution in [0.25, 0.3) is 0 Å². The molecule has 1 heterocycles. The summed E-state index contributed by atoms with van der Waals surface area (Å²) in [7, 11) is 0. The Hall–Kier alpha value is -2.04.